The first kappa shape index (κ1) is 15.9. The van der Waals surface area contributed by atoms with Gasteiger partial charge in [0.05, 0.1) is 25.9 Å². The van der Waals surface area contributed by atoms with Crippen LogP contribution < -0.4 is 14.8 Å². The fraction of sp³-hybridized carbons (Fsp3) is 0.150. The largest absolute Gasteiger partial charge is 0.496 e. The number of aromatic nitrogens is 1. The van der Waals surface area contributed by atoms with Crippen molar-refractivity contribution in [3.05, 3.63) is 84.2 Å². The Morgan fingerprint density at radius 2 is 1.42 bits per heavy atom. The lowest BCUT2D eigenvalue weighted by Crippen LogP contribution is -2.14. The summed E-state index contributed by atoms with van der Waals surface area (Å²) in [5.74, 6) is 1.63. The molecule has 0 saturated carbocycles. The van der Waals surface area contributed by atoms with Crippen molar-refractivity contribution in [1.82, 2.24) is 4.98 Å². The second-order valence-electron chi connectivity index (χ2n) is 5.30. The van der Waals surface area contributed by atoms with Crippen LogP contribution in [-0.2, 0) is 0 Å². The molecule has 0 aliphatic rings. The van der Waals surface area contributed by atoms with Crippen LogP contribution in [0, 0.1) is 0 Å². The van der Waals surface area contributed by atoms with Gasteiger partial charge in [-0.15, -0.1) is 0 Å². The summed E-state index contributed by atoms with van der Waals surface area (Å²) in [4.78, 5) is 4.12. The van der Waals surface area contributed by atoms with Gasteiger partial charge < -0.3 is 14.8 Å². The van der Waals surface area contributed by atoms with Crippen LogP contribution in [0.4, 0.5) is 5.69 Å². The molecule has 3 rings (SSSR count). The highest BCUT2D eigenvalue weighted by Gasteiger charge is 2.19. The van der Waals surface area contributed by atoms with Crippen molar-refractivity contribution in [2.75, 3.05) is 19.5 Å². The molecule has 0 radical (unpaired) electrons. The van der Waals surface area contributed by atoms with Crippen LogP contribution >= 0.6 is 0 Å². The summed E-state index contributed by atoms with van der Waals surface area (Å²) in [6.45, 7) is 0. The Bertz CT molecular complexity index is 790. The molecular formula is C20H20N2O2. The molecule has 1 N–H and O–H groups in total. The topological polar surface area (TPSA) is 43.4 Å². The fourth-order valence-electron chi connectivity index (χ4n) is 2.72. The first-order valence-corrected chi connectivity index (χ1v) is 7.76. The molecule has 1 unspecified atom stereocenters. The number of ether oxygens (including phenoxy) is 2. The molecular weight excluding hydrogens is 300 g/mol. The maximum atomic E-state index is 5.56. The van der Waals surface area contributed by atoms with E-state index in [-0.39, 0.29) is 6.04 Å². The maximum absolute atomic E-state index is 5.56. The van der Waals surface area contributed by atoms with E-state index in [2.05, 4.69) is 16.4 Å². The Kier molecular flexibility index (Phi) is 4.96. The molecule has 4 heteroatoms. The summed E-state index contributed by atoms with van der Waals surface area (Å²) in [7, 11) is 3.36. The highest BCUT2D eigenvalue weighted by atomic mass is 16.5. The zero-order chi connectivity index (χ0) is 16.8. The fourth-order valence-corrected chi connectivity index (χ4v) is 2.72. The number of pyridine rings is 1. The van der Waals surface area contributed by atoms with Gasteiger partial charge in [0.25, 0.3) is 0 Å². The Hall–Kier alpha value is -3.01. The van der Waals surface area contributed by atoms with Gasteiger partial charge in [-0.25, -0.2) is 0 Å². The van der Waals surface area contributed by atoms with Crippen molar-refractivity contribution in [3.63, 3.8) is 0 Å². The molecule has 0 bridgehead atoms. The monoisotopic (exact) mass is 320 g/mol. The Labute approximate surface area is 142 Å². The lowest BCUT2D eigenvalue weighted by atomic mass is 9.98. The standard InChI is InChI=1S/C20H20N2O2/c1-23-18-9-5-3-7-16(18)20(15-11-13-21-14-12-15)22-17-8-4-6-10-19(17)24-2/h3-14,20,22H,1-2H3. The van der Waals surface area contributed by atoms with Gasteiger partial charge in [-0.1, -0.05) is 30.3 Å². The van der Waals surface area contributed by atoms with E-state index in [0.717, 1.165) is 28.3 Å². The third-order valence-electron chi connectivity index (χ3n) is 3.90. The van der Waals surface area contributed by atoms with E-state index in [1.165, 1.54) is 0 Å². The minimum Gasteiger partial charge on any atom is -0.496 e. The number of benzene rings is 2. The number of nitrogens with one attached hydrogen (secondary N) is 1. The molecule has 4 nitrogen and oxygen atoms in total. The first-order valence-electron chi connectivity index (χ1n) is 7.76. The lowest BCUT2D eigenvalue weighted by Gasteiger charge is -2.23. The number of para-hydroxylation sites is 3. The highest BCUT2D eigenvalue weighted by Crippen LogP contribution is 2.35. The number of methoxy groups -OCH3 is 2. The van der Waals surface area contributed by atoms with Crippen LogP contribution in [0.25, 0.3) is 0 Å². The van der Waals surface area contributed by atoms with Crippen molar-refractivity contribution >= 4 is 5.69 Å². The van der Waals surface area contributed by atoms with E-state index in [1.54, 1.807) is 26.6 Å². The number of hydrogen-bond donors (Lipinski definition) is 1. The molecule has 3 aromatic rings. The molecule has 122 valence electrons. The van der Waals surface area contributed by atoms with E-state index in [4.69, 9.17) is 9.47 Å². The molecule has 0 spiro atoms. The molecule has 1 atom stereocenters. The normalized spacial score (nSPS) is 11.6. The Morgan fingerprint density at radius 1 is 0.792 bits per heavy atom. The van der Waals surface area contributed by atoms with Crippen molar-refractivity contribution in [3.8, 4) is 11.5 Å². The van der Waals surface area contributed by atoms with Crippen LogP contribution in [0.3, 0.4) is 0 Å². The van der Waals surface area contributed by atoms with Crippen molar-refractivity contribution < 1.29 is 9.47 Å². The van der Waals surface area contributed by atoms with Crippen LogP contribution in [0.2, 0.25) is 0 Å². The minimum absolute atomic E-state index is 0.0829. The van der Waals surface area contributed by atoms with Crippen LogP contribution in [0.15, 0.2) is 73.1 Å². The van der Waals surface area contributed by atoms with Gasteiger partial charge in [-0.3, -0.25) is 4.98 Å². The van der Waals surface area contributed by atoms with Crippen LogP contribution in [0.1, 0.15) is 17.2 Å². The summed E-state index contributed by atoms with van der Waals surface area (Å²) in [6, 6.07) is 19.8. The van der Waals surface area contributed by atoms with E-state index in [1.807, 2.05) is 54.6 Å². The summed E-state index contributed by atoms with van der Waals surface area (Å²) >= 11 is 0. The van der Waals surface area contributed by atoms with Gasteiger partial charge in [0.1, 0.15) is 11.5 Å². The molecule has 0 amide bonds. The number of hydrogen-bond acceptors (Lipinski definition) is 4. The van der Waals surface area contributed by atoms with Crippen LogP contribution in [0.5, 0.6) is 11.5 Å². The minimum atomic E-state index is -0.0829. The van der Waals surface area contributed by atoms with E-state index >= 15 is 0 Å². The quantitative estimate of drug-likeness (QED) is 0.735. The average Bonchev–Trinajstić information content (AvgIpc) is 2.67. The molecule has 1 aromatic heterocycles. The van der Waals surface area contributed by atoms with E-state index in [9.17, 15) is 0 Å². The van der Waals surface area contributed by atoms with Gasteiger partial charge in [-0.2, -0.15) is 0 Å². The SMILES string of the molecule is COc1ccccc1NC(c1ccncc1)c1ccccc1OC. The third kappa shape index (κ3) is 3.33. The Balaban J connectivity index is 2.06. The van der Waals surface area contributed by atoms with Gasteiger partial charge in [0.15, 0.2) is 0 Å². The molecule has 24 heavy (non-hydrogen) atoms. The van der Waals surface area contributed by atoms with Gasteiger partial charge in [-0.05, 0) is 35.9 Å². The third-order valence-corrected chi connectivity index (χ3v) is 3.90. The number of anilines is 1. The molecule has 0 aliphatic heterocycles. The second kappa shape index (κ2) is 7.51. The van der Waals surface area contributed by atoms with E-state index < -0.39 is 0 Å². The van der Waals surface area contributed by atoms with Gasteiger partial charge in [0, 0.05) is 18.0 Å². The summed E-state index contributed by atoms with van der Waals surface area (Å²) in [5, 5.41) is 3.57. The maximum Gasteiger partial charge on any atom is 0.141 e. The molecule has 2 aromatic carbocycles. The van der Waals surface area contributed by atoms with Crippen molar-refractivity contribution in [2.45, 2.75) is 6.04 Å². The zero-order valence-corrected chi connectivity index (χ0v) is 13.8. The second-order valence-corrected chi connectivity index (χ2v) is 5.30. The summed E-state index contributed by atoms with van der Waals surface area (Å²) in [5.41, 5.74) is 3.07. The average molecular weight is 320 g/mol. The summed E-state index contributed by atoms with van der Waals surface area (Å²) in [6.07, 6.45) is 3.59. The first-order chi connectivity index (χ1) is 11.8. The van der Waals surface area contributed by atoms with Gasteiger partial charge in [0.2, 0.25) is 0 Å². The molecule has 1 heterocycles. The van der Waals surface area contributed by atoms with E-state index in [0.29, 0.717) is 0 Å². The lowest BCUT2D eigenvalue weighted by molar-refractivity contribution is 0.408. The predicted molar refractivity (Wildman–Crippen MR) is 95.7 cm³/mol. The van der Waals surface area contributed by atoms with Gasteiger partial charge >= 0.3 is 0 Å². The molecule has 0 saturated heterocycles. The smallest absolute Gasteiger partial charge is 0.141 e. The molecule has 0 aliphatic carbocycles. The zero-order valence-electron chi connectivity index (χ0n) is 13.8. The number of nitrogens with zero attached hydrogens (tertiary/aromatic N) is 1. The summed E-state index contributed by atoms with van der Waals surface area (Å²) < 4.78 is 11.0. The predicted octanol–water partition coefficient (Wildman–Crippen LogP) is 4.30. The van der Waals surface area contributed by atoms with Crippen molar-refractivity contribution in [1.29, 1.82) is 0 Å². The Morgan fingerprint density at radius 3 is 2.12 bits per heavy atom. The van der Waals surface area contributed by atoms with Crippen LogP contribution in [-0.4, -0.2) is 19.2 Å². The molecule has 0 fully saturated rings. The number of rotatable bonds is 6. The van der Waals surface area contributed by atoms with Crippen molar-refractivity contribution in [2.24, 2.45) is 0 Å². The highest BCUT2D eigenvalue weighted by molar-refractivity contribution is 5.60.